The number of aliphatic imine (C=N–C) groups is 2. The van der Waals surface area contributed by atoms with Gasteiger partial charge >= 0.3 is 0 Å². The number of nitrogens with zero attached hydrogens (tertiary/aromatic N) is 2. The summed E-state index contributed by atoms with van der Waals surface area (Å²) in [6.07, 6.45) is 2.07. The van der Waals surface area contributed by atoms with Crippen LogP contribution in [0.1, 0.15) is 39.2 Å². The molecule has 1 aliphatic rings. The number of hydrogen-bond acceptors (Lipinski definition) is 5. The number of rotatable bonds is 8. The fourth-order valence-corrected chi connectivity index (χ4v) is 3.82. The molecular formula is C23H25F2N3O2S. The summed E-state index contributed by atoms with van der Waals surface area (Å²) in [7, 11) is 0. The van der Waals surface area contributed by atoms with E-state index in [2.05, 4.69) is 22.2 Å². The van der Waals surface area contributed by atoms with Gasteiger partial charge in [-0.25, -0.2) is 13.8 Å². The second-order valence-corrected chi connectivity index (χ2v) is 8.52. The van der Waals surface area contributed by atoms with Crippen LogP contribution in [-0.4, -0.2) is 34.7 Å². The van der Waals surface area contributed by atoms with Crippen molar-refractivity contribution in [3.63, 3.8) is 0 Å². The molecule has 8 heteroatoms. The number of unbranched alkanes of at least 4 members (excludes halogenated alkanes) is 1. The van der Waals surface area contributed by atoms with Gasteiger partial charge in [0, 0.05) is 11.6 Å². The van der Waals surface area contributed by atoms with Gasteiger partial charge in [0.15, 0.2) is 0 Å². The van der Waals surface area contributed by atoms with Gasteiger partial charge in [-0.15, -0.1) is 0 Å². The Hall–Kier alpha value is -2.74. The summed E-state index contributed by atoms with van der Waals surface area (Å²) in [5, 5.41) is 3.09. The third kappa shape index (κ3) is 6.37. The van der Waals surface area contributed by atoms with Crippen molar-refractivity contribution in [3.8, 4) is 5.75 Å². The molecule has 0 bridgehead atoms. The maximum Gasteiger partial charge on any atom is 0.234 e. The third-order valence-electron chi connectivity index (χ3n) is 4.40. The van der Waals surface area contributed by atoms with Crippen molar-refractivity contribution < 1.29 is 18.3 Å². The molecule has 0 saturated carbocycles. The first-order valence-corrected chi connectivity index (χ1v) is 11.1. The molecule has 2 aromatic carbocycles. The Morgan fingerprint density at radius 2 is 1.87 bits per heavy atom. The Balaban J connectivity index is 1.64. The number of amides is 1. The highest BCUT2D eigenvalue weighted by Crippen LogP contribution is 2.27. The predicted octanol–water partition coefficient (Wildman–Crippen LogP) is 5.45. The van der Waals surface area contributed by atoms with Crippen LogP contribution in [-0.2, 0) is 4.79 Å². The topological polar surface area (TPSA) is 63.1 Å². The smallest absolute Gasteiger partial charge is 0.234 e. The molecule has 0 fully saturated rings. The average molecular weight is 446 g/mol. The van der Waals surface area contributed by atoms with Gasteiger partial charge in [-0.1, -0.05) is 25.1 Å². The van der Waals surface area contributed by atoms with Gasteiger partial charge < -0.3 is 10.1 Å². The van der Waals surface area contributed by atoms with E-state index in [4.69, 9.17) is 4.74 Å². The minimum atomic E-state index is -0.818. The van der Waals surface area contributed by atoms with Crippen LogP contribution in [0.2, 0.25) is 0 Å². The Morgan fingerprint density at radius 1 is 1.13 bits per heavy atom. The largest absolute Gasteiger partial charge is 0.494 e. The summed E-state index contributed by atoms with van der Waals surface area (Å²) in [6, 6.07) is 10.6. The molecule has 0 spiro atoms. The van der Waals surface area contributed by atoms with Crippen LogP contribution in [0, 0.1) is 11.6 Å². The first-order chi connectivity index (χ1) is 14.8. The minimum Gasteiger partial charge on any atom is -0.494 e. The van der Waals surface area contributed by atoms with Crippen molar-refractivity contribution in [2.45, 2.75) is 39.3 Å². The first kappa shape index (κ1) is 22.9. The Bertz CT molecular complexity index is 1000. The SMILES string of the molecule is CCCCOc1ccc(C2=NC(C)(C)N=C2SCC(=O)Nc2ccc(F)cc2F)cc1. The van der Waals surface area contributed by atoms with E-state index in [0.717, 1.165) is 36.3 Å². The number of halogens is 2. The van der Waals surface area contributed by atoms with Gasteiger partial charge in [-0.05, 0) is 56.7 Å². The van der Waals surface area contributed by atoms with E-state index in [1.54, 1.807) is 0 Å². The van der Waals surface area contributed by atoms with E-state index in [0.29, 0.717) is 17.4 Å². The van der Waals surface area contributed by atoms with Gasteiger partial charge in [-0.2, -0.15) is 0 Å². The fraction of sp³-hybridized carbons (Fsp3) is 0.348. The van der Waals surface area contributed by atoms with E-state index in [1.165, 1.54) is 17.8 Å². The lowest BCUT2D eigenvalue weighted by molar-refractivity contribution is -0.113. The average Bonchev–Trinajstić information content (AvgIpc) is 3.04. The molecule has 5 nitrogen and oxygen atoms in total. The summed E-state index contributed by atoms with van der Waals surface area (Å²) in [5.41, 5.74) is 0.891. The number of benzene rings is 2. The molecule has 1 amide bonds. The second kappa shape index (κ2) is 10.0. The zero-order valence-electron chi connectivity index (χ0n) is 17.7. The van der Waals surface area contributed by atoms with Crippen molar-refractivity contribution in [1.29, 1.82) is 0 Å². The summed E-state index contributed by atoms with van der Waals surface area (Å²) in [5.74, 6) is -1.12. The second-order valence-electron chi connectivity index (χ2n) is 7.56. The maximum atomic E-state index is 13.8. The van der Waals surface area contributed by atoms with E-state index >= 15 is 0 Å². The maximum absolute atomic E-state index is 13.8. The molecular weight excluding hydrogens is 420 g/mol. The van der Waals surface area contributed by atoms with E-state index in [1.807, 2.05) is 38.1 Å². The molecule has 0 unspecified atom stereocenters. The van der Waals surface area contributed by atoms with E-state index < -0.39 is 23.2 Å². The highest BCUT2D eigenvalue weighted by atomic mass is 32.2. The monoisotopic (exact) mass is 445 g/mol. The lowest BCUT2D eigenvalue weighted by Gasteiger charge is -2.09. The van der Waals surface area contributed by atoms with E-state index in [9.17, 15) is 13.6 Å². The number of nitrogens with one attached hydrogen (secondary N) is 1. The van der Waals surface area contributed by atoms with Crippen LogP contribution < -0.4 is 10.1 Å². The highest BCUT2D eigenvalue weighted by molar-refractivity contribution is 8.16. The normalized spacial score (nSPS) is 14.7. The Kier molecular flexibility index (Phi) is 7.43. The van der Waals surface area contributed by atoms with Crippen molar-refractivity contribution in [1.82, 2.24) is 0 Å². The molecule has 0 radical (unpaired) electrons. The molecule has 3 rings (SSSR count). The van der Waals surface area contributed by atoms with Crippen molar-refractivity contribution in [3.05, 3.63) is 59.7 Å². The molecule has 2 aromatic rings. The molecule has 1 N–H and O–H groups in total. The van der Waals surface area contributed by atoms with Gasteiger partial charge in [0.1, 0.15) is 28.1 Å². The summed E-state index contributed by atoms with van der Waals surface area (Å²) < 4.78 is 32.5. The first-order valence-electron chi connectivity index (χ1n) is 10.1. The zero-order valence-corrected chi connectivity index (χ0v) is 18.6. The van der Waals surface area contributed by atoms with Crippen LogP contribution in [0.5, 0.6) is 5.75 Å². The van der Waals surface area contributed by atoms with Gasteiger partial charge in [0.25, 0.3) is 0 Å². The number of carbonyl (C=O) groups excluding carboxylic acids is 1. The van der Waals surface area contributed by atoms with Gasteiger partial charge in [-0.3, -0.25) is 9.79 Å². The standard InChI is InChI=1S/C23H25F2N3O2S/c1-4-5-12-30-17-9-6-15(7-10-17)21-22(28-23(2,3)27-21)31-14-20(29)26-19-11-8-16(24)13-18(19)25/h6-11,13H,4-5,12,14H2,1-3H3,(H,26,29). The lowest BCUT2D eigenvalue weighted by atomic mass is 10.1. The van der Waals surface area contributed by atoms with Crippen molar-refractivity contribution in [2.75, 3.05) is 17.7 Å². The van der Waals surface area contributed by atoms with Crippen LogP contribution in [0.15, 0.2) is 52.4 Å². The van der Waals surface area contributed by atoms with Crippen molar-refractivity contribution in [2.24, 2.45) is 9.98 Å². The van der Waals surface area contributed by atoms with Gasteiger partial charge in [0.05, 0.1) is 23.8 Å². The quantitative estimate of drug-likeness (QED) is 0.550. The van der Waals surface area contributed by atoms with Gasteiger partial charge in [0.2, 0.25) is 5.91 Å². The molecule has 1 aliphatic heterocycles. The Morgan fingerprint density at radius 3 is 2.55 bits per heavy atom. The predicted molar refractivity (Wildman–Crippen MR) is 122 cm³/mol. The van der Waals surface area contributed by atoms with Crippen LogP contribution in [0.4, 0.5) is 14.5 Å². The molecule has 1 heterocycles. The van der Waals surface area contributed by atoms with Crippen LogP contribution in [0.25, 0.3) is 0 Å². The molecule has 0 aromatic heterocycles. The molecule has 164 valence electrons. The Labute approximate surface area is 185 Å². The summed E-state index contributed by atoms with van der Waals surface area (Å²) >= 11 is 1.23. The molecule has 0 atom stereocenters. The number of anilines is 1. The lowest BCUT2D eigenvalue weighted by Crippen LogP contribution is -2.18. The third-order valence-corrected chi connectivity index (χ3v) is 5.37. The molecule has 0 saturated heterocycles. The fourth-order valence-electron chi connectivity index (χ4n) is 2.89. The van der Waals surface area contributed by atoms with Crippen LogP contribution >= 0.6 is 11.8 Å². The number of hydrogen-bond donors (Lipinski definition) is 1. The molecule has 31 heavy (non-hydrogen) atoms. The minimum absolute atomic E-state index is 0.0168. The van der Waals surface area contributed by atoms with Crippen molar-refractivity contribution >= 4 is 34.1 Å². The molecule has 0 aliphatic carbocycles. The number of carbonyl (C=O) groups is 1. The summed E-state index contributed by atoms with van der Waals surface area (Å²) in [6.45, 7) is 6.56. The van der Waals surface area contributed by atoms with Crippen LogP contribution in [0.3, 0.4) is 0 Å². The highest BCUT2D eigenvalue weighted by Gasteiger charge is 2.28. The zero-order chi connectivity index (χ0) is 22.4. The number of thioether (sulfide) groups is 1. The number of ether oxygens (including phenoxy) is 1. The van der Waals surface area contributed by atoms with E-state index in [-0.39, 0.29) is 11.4 Å². The summed E-state index contributed by atoms with van der Waals surface area (Å²) in [4.78, 5) is 21.6.